The highest BCUT2D eigenvalue weighted by Gasteiger charge is 2.20. The minimum absolute atomic E-state index is 0.0982. The average Bonchev–Trinajstić information content (AvgIpc) is 3.00. The minimum atomic E-state index is -0.399. The number of allylic oxidation sites excluding steroid dienone is 3. The number of rotatable bonds is 4. The molecule has 7 heteroatoms. The van der Waals surface area contributed by atoms with E-state index < -0.39 is 5.56 Å². The molecular formula is C22H22BrN3O2S. The zero-order valence-corrected chi connectivity index (χ0v) is 18.6. The van der Waals surface area contributed by atoms with Crippen molar-refractivity contribution in [3.63, 3.8) is 0 Å². The number of halogens is 1. The molecule has 1 aromatic heterocycles. The minimum Gasteiger partial charge on any atom is -0.494 e. The van der Waals surface area contributed by atoms with E-state index in [0.717, 1.165) is 46.3 Å². The number of hydrogen-bond acceptors (Lipinski definition) is 4. The molecule has 0 radical (unpaired) electrons. The summed E-state index contributed by atoms with van der Waals surface area (Å²) in [5.74, 6) is -0.0982. The van der Waals surface area contributed by atoms with Gasteiger partial charge in [0.05, 0.1) is 5.69 Å². The first kappa shape index (κ1) is 20.0. The van der Waals surface area contributed by atoms with Gasteiger partial charge in [0.2, 0.25) is 5.88 Å². The number of aromatic amines is 1. The van der Waals surface area contributed by atoms with Crippen molar-refractivity contribution in [3.8, 4) is 5.88 Å². The second kappa shape index (κ2) is 8.24. The molecule has 0 atom stereocenters. The fourth-order valence-corrected chi connectivity index (χ4v) is 4.52. The Morgan fingerprint density at radius 2 is 2.21 bits per heavy atom. The Bertz CT molecular complexity index is 1190. The fourth-order valence-electron chi connectivity index (χ4n) is 3.88. The van der Waals surface area contributed by atoms with Crippen LogP contribution < -0.4 is 5.56 Å². The first-order valence-electron chi connectivity index (χ1n) is 9.75. The van der Waals surface area contributed by atoms with Gasteiger partial charge in [0.15, 0.2) is 4.77 Å². The molecule has 5 nitrogen and oxygen atoms in total. The Balaban J connectivity index is 1.74. The van der Waals surface area contributed by atoms with Crippen molar-refractivity contribution in [1.82, 2.24) is 9.55 Å². The number of aromatic nitrogens is 2. The van der Waals surface area contributed by atoms with Crippen molar-refractivity contribution >= 4 is 51.2 Å². The van der Waals surface area contributed by atoms with E-state index in [1.165, 1.54) is 18.4 Å². The Labute approximate surface area is 182 Å². The highest BCUT2D eigenvalue weighted by molar-refractivity contribution is 9.10. The van der Waals surface area contributed by atoms with E-state index in [0.29, 0.717) is 6.54 Å². The van der Waals surface area contributed by atoms with Crippen LogP contribution in [0, 0.1) is 4.77 Å². The van der Waals surface area contributed by atoms with Gasteiger partial charge in [0, 0.05) is 27.9 Å². The maximum Gasteiger partial charge on any atom is 0.262 e. The van der Waals surface area contributed by atoms with E-state index in [9.17, 15) is 9.90 Å². The van der Waals surface area contributed by atoms with Crippen LogP contribution in [0.15, 0.2) is 44.1 Å². The van der Waals surface area contributed by atoms with Crippen LogP contribution in [0.4, 0.5) is 5.69 Å². The van der Waals surface area contributed by atoms with Crippen molar-refractivity contribution in [2.24, 2.45) is 4.99 Å². The van der Waals surface area contributed by atoms with Crippen molar-refractivity contribution in [2.45, 2.75) is 45.6 Å². The zero-order chi connectivity index (χ0) is 20.5. The standard InChI is InChI=1S/C22H22BrN3O2S/c1-13-16(17-11-15(23)7-8-19(17)24-13)12-18-20(27)25-22(29)26(21(18)28)10-9-14-5-3-2-4-6-14/h5,7-8,11-12,28H,2-4,6,9-10H2,1H3,(H,25,27,29). The van der Waals surface area contributed by atoms with Gasteiger partial charge in [0.1, 0.15) is 5.56 Å². The molecule has 2 heterocycles. The third kappa shape index (κ3) is 4.07. The predicted molar refractivity (Wildman–Crippen MR) is 124 cm³/mol. The molecule has 1 aliphatic heterocycles. The number of hydrogen-bond donors (Lipinski definition) is 2. The smallest absolute Gasteiger partial charge is 0.262 e. The number of aliphatic imine (C=N–C) groups is 1. The summed E-state index contributed by atoms with van der Waals surface area (Å²) < 4.78 is 2.79. The topological polar surface area (TPSA) is 70.4 Å². The second-order valence-corrected chi connectivity index (χ2v) is 8.73. The summed E-state index contributed by atoms with van der Waals surface area (Å²) in [6, 6.07) is 5.83. The number of fused-ring (bicyclic) bond motifs is 1. The van der Waals surface area contributed by atoms with Crippen LogP contribution >= 0.6 is 28.1 Å². The van der Waals surface area contributed by atoms with E-state index in [1.807, 2.05) is 25.1 Å². The van der Waals surface area contributed by atoms with Gasteiger partial charge in [-0.15, -0.1) is 0 Å². The molecule has 1 aromatic carbocycles. The lowest BCUT2D eigenvalue weighted by Gasteiger charge is -2.15. The Hall–Kier alpha value is -2.25. The van der Waals surface area contributed by atoms with Crippen LogP contribution in [0.3, 0.4) is 0 Å². The van der Waals surface area contributed by atoms with E-state index in [1.54, 1.807) is 10.6 Å². The monoisotopic (exact) mass is 471 g/mol. The maximum absolute atomic E-state index is 12.6. The molecule has 1 aliphatic carbocycles. The summed E-state index contributed by atoms with van der Waals surface area (Å²) in [7, 11) is 0. The van der Waals surface area contributed by atoms with E-state index in [2.05, 4.69) is 32.0 Å². The Morgan fingerprint density at radius 1 is 1.38 bits per heavy atom. The van der Waals surface area contributed by atoms with Crippen LogP contribution in [-0.2, 0) is 6.54 Å². The molecule has 0 bridgehead atoms. The lowest BCUT2D eigenvalue weighted by Crippen LogP contribution is -2.17. The van der Waals surface area contributed by atoms with Crippen molar-refractivity contribution in [3.05, 3.63) is 60.6 Å². The number of nitrogens with one attached hydrogen (secondary N) is 1. The van der Waals surface area contributed by atoms with E-state index >= 15 is 0 Å². The highest BCUT2D eigenvalue weighted by atomic mass is 79.9. The average molecular weight is 472 g/mol. The molecule has 0 saturated carbocycles. The lowest BCUT2D eigenvalue weighted by atomic mass is 9.97. The molecule has 0 unspecified atom stereocenters. The van der Waals surface area contributed by atoms with Gasteiger partial charge < -0.3 is 5.11 Å². The van der Waals surface area contributed by atoms with Crippen LogP contribution in [-0.4, -0.2) is 20.4 Å². The van der Waals surface area contributed by atoms with Crippen LogP contribution in [0.2, 0.25) is 0 Å². The Kier molecular flexibility index (Phi) is 5.69. The number of nitrogens with zero attached hydrogens (tertiary/aromatic N) is 2. The van der Waals surface area contributed by atoms with Gasteiger partial charge in [-0.1, -0.05) is 27.6 Å². The molecule has 0 amide bonds. The third-order valence-electron chi connectivity index (χ3n) is 5.46. The van der Waals surface area contributed by atoms with Gasteiger partial charge in [-0.2, -0.15) is 0 Å². The maximum atomic E-state index is 12.6. The number of aromatic hydroxyl groups is 1. The molecule has 150 valence electrons. The van der Waals surface area contributed by atoms with Crippen molar-refractivity contribution in [2.75, 3.05) is 0 Å². The van der Waals surface area contributed by atoms with Gasteiger partial charge in [0.25, 0.3) is 5.56 Å². The first-order valence-corrected chi connectivity index (χ1v) is 11.0. The molecule has 29 heavy (non-hydrogen) atoms. The molecular weight excluding hydrogens is 450 g/mol. The molecule has 2 aromatic rings. The molecule has 4 rings (SSSR count). The normalized spacial score (nSPS) is 17.2. The molecule has 0 spiro atoms. The summed E-state index contributed by atoms with van der Waals surface area (Å²) in [5, 5.41) is 10.9. The molecule has 2 aliphatic rings. The van der Waals surface area contributed by atoms with Gasteiger partial charge in [-0.25, -0.2) is 0 Å². The summed E-state index contributed by atoms with van der Waals surface area (Å²) in [4.78, 5) is 19.9. The number of H-pyrrole nitrogens is 1. The van der Waals surface area contributed by atoms with Crippen LogP contribution in [0.1, 0.15) is 50.2 Å². The second-order valence-electron chi connectivity index (χ2n) is 7.42. The molecule has 0 fully saturated rings. The zero-order valence-electron chi connectivity index (χ0n) is 16.2. The summed E-state index contributed by atoms with van der Waals surface area (Å²) in [6.45, 7) is 2.44. The van der Waals surface area contributed by atoms with Crippen molar-refractivity contribution in [1.29, 1.82) is 0 Å². The highest BCUT2D eigenvalue weighted by Crippen LogP contribution is 2.38. The number of benzene rings is 1. The van der Waals surface area contributed by atoms with Crippen molar-refractivity contribution < 1.29 is 5.11 Å². The van der Waals surface area contributed by atoms with E-state index in [-0.39, 0.29) is 16.2 Å². The largest absolute Gasteiger partial charge is 0.494 e. The van der Waals surface area contributed by atoms with Crippen LogP contribution in [0.25, 0.3) is 11.6 Å². The fraction of sp³-hybridized carbons (Fsp3) is 0.318. The summed E-state index contributed by atoms with van der Waals surface area (Å²) in [6.07, 6.45) is 9.46. The first-order chi connectivity index (χ1) is 13.9. The lowest BCUT2D eigenvalue weighted by molar-refractivity contribution is 0.401. The SMILES string of the molecule is CC1=Nc2ccc(Br)cc2C1=Cc1c(O)n(CCC2=CCCCC2)c(=S)[nH]c1=O. The predicted octanol–water partition coefficient (Wildman–Crippen LogP) is 5.91. The van der Waals surface area contributed by atoms with E-state index in [4.69, 9.17) is 12.2 Å². The molecule has 2 N–H and O–H groups in total. The Morgan fingerprint density at radius 3 is 2.97 bits per heavy atom. The van der Waals surface area contributed by atoms with Crippen LogP contribution in [0.5, 0.6) is 5.88 Å². The third-order valence-corrected chi connectivity index (χ3v) is 6.28. The quantitative estimate of drug-likeness (QED) is 0.429. The van der Waals surface area contributed by atoms with Gasteiger partial charge >= 0.3 is 0 Å². The molecule has 0 saturated heterocycles. The summed E-state index contributed by atoms with van der Waals surface area (Å²) in [5.41, 5.74) is 4.60. The summed E-state index contributed by atoms with van der Waals surface area (Å²) >= 11 is 8.80. The van der Waals surface area contributed by atoms with Gasteiger partial charge in [-0.3, -0.25) is 19.3 Å². The van der Waals surface area contributed by atoms with Gasteiger partial charge in [-0.05, 0) is 75.5 Å².